The molecule has 0 fully saturated rings. The van der Waals surface area contributed by atoms with Crippen molar-refractivity contribution in [1.29, 1.82) is 0 Å². The molecule has 25 heavy (non-hydrogen) atoms. The molecule has 1 aliphatic rings. The van der Waals surface area contributed by atoms with Crippen LogP contribution in [0.2, 0.25) is 0 Å². The first-order valence-corrected chi connectivity index (χ1v) is 10.1. The van der Waals surface area contributed by atoms with Crippen LogP contribution in [0.4, 0.5) is 0 Å². The summed E-state index contributed by atoms with van der Waals surface area (Å²) >= 11 is 3.49. The second kappa shape index (κ2) is 7.02. The van der Waals surface area contributed by atoms with Crippen molar-refractivity contribution in [3.05, 3.63) is 74.1 Å². The molecule has 2 aromatic heterocycles. The van der Waals surface area contributed by atoms with Crippen LogP contribution < -0.4 is 4.74 Å². The third-order valence-corrected chi connectivity index (χ3v) is 6.40. The molecule has 0 saturated carbocycles. The first-order valence-electron chi connectivity index (χ1n) is 8.31. The van der Waals surface area contributed by atoms with Gasteiger partial charge in [-0.2, -0.15) is 0 Å². The minimum absolute atomic E-state index is 0.0177. The summed E-state index contributed by atoms with van der Waals surface area (Å²) in [5, 5.41) is 4.20. The van der Waals surface area contributed by atoms with E-state index in [0.717, 1.165) is 18.7 Å². The summed E-state index contributed by atoms with van der Waals surface area (Å²) in [4.78, 5) is 17.5. The zero-order valence-corrected chi connectivity index (χ0v) is 15.6. The number of carbonyl (C=O) groups excluding carboxylic acids is 1. The lowest BCUT2D eigenvalue weighted by Crippen LogP contribution is -2.42. The molecule has 0 radical (unpaired) electrons. The van der Waals surface area contributed by atoms with E-state index in [-0.39, 0.29) is 18.6 Å². The third-order valence-electron chi connectivity index (χ3n) is 4.48. The molecule has 1 aliphatic heterocycles. The van der Waals surface area contributed by atoms with E-state index in [4.69, 9.17) is 4.74 Å². The maximum atomic E-state index is 12.9. The highest BCUT2D eigenvalue weighted by molar-refractivity contribution is 7.10. The Kier molecular flexibility index (Phi) is 4.59. The Morgan fingerprint density at radius 3 is 2.76 bits per heavy atom. The maximum Gasteiger partial charge on any atom is 0.261 e. The predicted octanol–water partition coefficient (Wildman–Crippen LogP) is 4.67. The molecule has 0 saturated heterocycles. The molecule has 0 bridgehead atoms. The van der Waals surface area contributed by atoms with E-state index < -0.39 is 0 Å². The molecule has 0 aliphatic carbocycles. The van der Waals surface area contributed by atoms with Gasteiger partial charge in [0.1, 0.15) is 5.75 Å². The Labute approximate surface area is 155 Å². The van der Waals surface area contributed by atoms with Gasteiger partial charge in [0, 0.05) is 16.3 Å². The lowest BCUT2D eigenvalue weighted by molar-refractivity contribution is -0.135. The summed E-state index contributed by atoms with van der Waals surface area (Å²) in [6.45, 7) is 2.85. The molecule has 5 heteroatoms. The van der Waals surface area contributed by atoms with Gasteiger partial charge < -0.3 is 9.64 Å². The van der Waals surface area contributed by atoms with Crippen LogP contribution in [0.15, 0.2) is 53.2 Å². The van der Waals surface area contributed by atoms with Gasteiger partial charge in [0.2, 0.25) is 0 Å². The minimum atomic E-state index is 0.0177. The Balaban J connectivity index is 1.53. The highest BCUT2D eigenvalue weighted by Gasteiger charge is 2.33. The Morgan fingerprint density at radius 2 is 2.00 bits per heavy atom. The highest BCUT2D eigenvalue weighted by atomic mass is 32.1. The number of hydrogen-bond acceptors (Lipinski definition) is 4. The van der Waals surface area contributed by atoms with Gasteiger partial charge in [-0.3, -0.25) is 4.79 Å². The maximum absolute atomic E-state index is 12.9. The fourth-order valence-corrected chi connectivity index (χ4v) is 4.96. The molecule has 128 valence electrons. The van der Waals surface area contributed by atoms with Crippen LogP contribution in [0.1, 0.15) is 26.9 Å². The zero-order chi connectivity index (χ0) is 17.2. The molecule has 0 N–H and O–H groups in total. The third kappa shape index (κ3) is 3.34. The SMILES string of the molecule is Cc1ccc(OCC(=O)N2CCc3sccc3C2c2cccs2)cc1. The van der Waals surface area contributed by atoms with E-state index in [2.05, 4.69) is 22.9 Å². The molecule has 0 spiro atoms. The van der Waals surface area contributed by atoms with Crippen molar-refractivity contribution in [2.45, 2.75) is 19.4 Å². The molecule has 3 aromatic rings. The lowest BCUT2D eigenvalue weighted by atomic mass is 9.98. The smallest absolute Gasteiger partial charge is 0.261 e. The number of aryl methyl sites for hydroxylation is 1. The second-order valence-corrected chi connectivity index (χ2v) is 8.14. The number of amides is 1. The fourth-order valence-electron chi connectivity index (χ4n) is 3.20. The molecule has 1 aromatic carbocycles. The number of ether oxygens (including phenoxy) is 1. The van der Waals surface area contributed by atoms with Crippen LogP contribution in [0.5, 0.6) is 5.75 Å². The topological polar surface area (TPSA) is 29.5 Å². The summed E-state index contributed by atoms with van der Waals surface area (Å²) < 4.78 is 5.73. The second-order valence-electron chi connectivity index (χ2n) is 6.16. The van der Waals surface area contributed by atoms with E-state index >= 15 is 0 Å². The summed E-state index contributed by atoms with van der Waals surface area (Å²) in [5.41, 5.74) is 2.44. The van der Waals surface area contributed by atoms with Gasteiger partial charge in [0.15, 0.2) is 6.61 Å². The molecule has 1 atom stereocenters. The minimum Gasteiger partial charge on any atom is -0.484 e. The summed E-state index contributed by atoms with van der Waals surface area (Å²) in [6, 6.07) is 14.1. The van der Waals surface area contributed by atoms with Crippen molar-refractivity contribution in [2.24, 2.45) is 0 Å². The predicted molar refractivity (Wildman–Crippen MR) is 103 cm³/mol. The lowest BCUT2D eigenvalue weighted by Gasteiger charge is -2.35. The van der Waals surface area contributed by atoms with E-state index in [1.807, 2.05) is 42.2 Å². The van der Waals surface area contributed by atoms with Crippen molar-refractivity contribution in [1.82, 2.24) is 4.90 Å². The normalized spacial score (nSPS) is 16.5. The largest absolute Gasteiger partial charge is 0.484 e. The monoisotopic (exact) mass is 369 g/mol. The van der Waals surface area contributed by atoms with Crippen LogP contribution in [-0.2, 0) is 11.2 Å². The molecule has 1 amide bonds. The van der Waals surface area contributed by atoms with Crippen LogP contribution in [0.3, 0.4) is 0 Å². The van der Waals surface area contributed by atoms with Gasteiger partial charge in [-0.15, -0.1) is 22.7 Å². The molecule has 1 unspecified atom stereocenters. The summed E-state index contributed by atoms with van der Waals surface area (Å²) in [5.74, 6) is 0.774. The number of nitrogens with zero attached hydrogens (tertiary/aromatic N) is 1. The Morgan fingerprint density at radius 1 is 1.16 bits per heavy atom. The molecule has 3 heterocycles. The molecule has 3 nitrogen and oxygen atoms in total. The first-order chi connectivity index (χ1) is 12.2. The van der Waals surface area contributed by atoms with Gasteiger partial charge in [0.25, 0.3) is 5.91 Å². The van der Waals surface area contributed by atoms with Gasteiger partial charge in [0.05, 0.1) is 6.04 Å². The fraction of sp³-hybridized carbons (Fsp3) is 0.250. The quantitative estimate of drug-likeness (QED) is 0.669. The standard InChI is InChI=1S/C20H19NO2S2/c1-14-4-6-15(7-5-14)23-13-19(22)21-10-8-17-16(9-12-25-17)20(21)18-3-2-11-24-18/h2-7,9,11-12,20H,8,10,13H2,1H3. The van der Waals surface area contributed by atoms with Crippen molar-refractivity contribution in [3.63, 3.8) is 0 Å². The number of hydrogen-bond donors (Lipinski definition) is 0. The van der Waals surface area contributed by atoms with Gasteiger partial charge in [-0.25, -0.2) is 0 Å². The van der Waals surface area contributed by atoms with Crippen LogP contribution in [0, 0.1) is 6.92 Å². The van der Waals surface area contributed by atoms with Gasteiger partial charge in [-0.05, 0) is 53.9 Å². The zero-order valence-electron chi connectivity index (χ0n) is 14.0. The molecular formula is C20H19NO2S2. The van der Waals surface area contributed by atoms with Crippen molar-refractivity contribution in [3.8, 4) is 5.75 Å². The number of rotatable bonds is 4. The average Bonchev–Trinajstić information content (AvgIpc) is 3.31. The number of fused-ring (bicyclic) bond motifs is 1. The molecular weight excluding hydrogens is 350 g/mol. The van der Waals surface area contributed by atoms with Crippen LogP contribution in [0.25, 0.3) is 0 Å². The van der Waals surface area contributed by atoms with Crippen molar-refractivity contribution >= 4 is 28.6 Å². The first kappa shape index (κ1) is 16.4. The number of benzene rings is 1. The molecule has 4 rings (SSSR count). The van der Waals surface area contributed by atoms with Crippen LogP contribution in [-0.4, -0.2) is 24.0 Å². The Bertz CT molecular complexity index is 852. The van der Waals surface area contributed by atoms with Gasteiger partial charge >= 0.3 is 0 Å². The van der Waals surface area contributed by atoms with E-state index in [1.54, 1.807) is 22.7 Å². The summed E-state index contributed by atoms with van der Waals surface area (Å²) in [7, 11) is 0. The van der Waals surface area contributed by atoms with Crippen molar-refractivity contribution < 1.29 is 9.53 Å². The average molecular weight is 370 g/mol. The van der Waals surface area contributed by atoms with E-state index in [1.165, 1.54) is 20.9 Å². The van der Waals surface area contributed by atoms with E-state index in [0.29, 0.717) is 0 Å². The Hall–Kier alpha value is -2.11. The van der Waals surface area contributed by atoms with E-state index in [9.17, 15) is 4.79 Å². The summed E-state index contributed by atoms with van der Waals surface area (Å²) in [6.07, 6.45) is 0.922. The van der Waals surface area contributed by atoms with Crippen molar-refractivity contribution in [2.75, 3.05) is 13.2 Å². The van der Waals surface area contributed by atoms with Crippen LogP contribution >= 0.6 is 22.7 Å². The highest BCUT2D eigenvalue weighted by Crippen LogP contribution is 2.39. The number of thiophene rings is 2. The van der Waals surface area contributed by atoms with Gasteiger partial charge in [-0.1, -0.05) is 23.8 Å². The number of carbonyl (C=O) groups is 1.